The van der Waals surface area contributed by atoms with Gasteiger partial charge in [0.25, 0.3) is 0 Å². The maximum atomic E-state index is 11.1. The molecule has 0 radical (unpaired) electrons. The highest BCUT2D eigenvalue weighted by atomic mass is 16.5. The predicted octanol–water partition coefficient (Wildman–Crippen LogP) is 3.34. The fourth-order valence-electron chi connectivity index (χ4n) is 4.20. The van der Waals surface area contributed by atoms with Crippen LogP contribution >= 0.6 is 0 Å². The molecule has 1 atom stereocenters. The van der Waals surface area contributed by atoms with Crippen molar-refractivity contribution in [1.29, 1.82) is 0 Å². The van der Waals surface area contributed by atoms with Gasteiger partial charge in [-0.3, -0.25) is 4.79 Å². The molecule has 1 aliphatic heterocycles. The van der Waals surface area contributed by atoms with Crippen LogP contribution in [0.2, 0.25) is 0 Å². The highest BCUT2D eigenvalue weighted by molar-refractivity contribution is 5.85. The quantitative estimate of drug-likeness (QED) is 0.905. The zero-order valence-corrected chi connectivity index (χ0v) is 13.7. The van der Waals surface area contributed by atoms with Gasteiger partial charge in [0.15, 0.2) is 0 Å². The third-order valence-electron chi connectivity index (χ3n) is 5.54. The minimum Gasteiger partial charge on any atom is -0.481 e. The van der Waals surface area contributed by atoms with E-state index in [1.165, 1.54) is 16.3 Å². The van der Waals surface area contributed by atoms with E-state index >= 15 is 0 Å². The number of carbonyl (C=O) groups is 1. The Labute approximate surface area is 141 Å². The molecule has 2 N–H and O–H groups in total. The fraction of sp³-hybridized carbons (Fsp3) is 0.450. The molecule has 1 saturated heterocycles. The van der Waals surface area contributed by atoms with Gasteiger partial charge in [0.2, 0.25) is 0 Å². The van der Waals surface area contributed by atoms with Crippen LogP contribution in [0.1, 0.15) is 31.2 Å². The molecule has 1 spiro atoms. The van der Waals surface area contributed by atoms with Crippen LogP contribution in [0.4, 0.5) is 0 Å². The normalized spacial score (nSPS) is 29.5. The number of rotatable bonds is 4. The Morgan fingerprint density at radius 3 is 2.79 bits per heavy atom. The summed E-state index contributed by atoms with van der Waals surface area (Å²) < 4.78 is 5.93. The number of carboxylic acids is 1. The number of hydrogen-bond acceptors (Lipinski definition) is 3. The van der Waals surface area contributed by atoms with Crippen LogP contribution in [0.15, 0.2) is 42.5 Å². The summed E-state index contributed by atoms with van der Waals surface area (Å²) in [6.45, 7) is 1.56. The summed E-state index contributed by atoms with van der Waals surface area (Å²) in [5, 5.41) is 15.3. The first-order valence-corrected chi connectivity index (χ1v) is 8.72. The Hall–Kier alpha value is -1.91. The molecule has 1 saturated carbocycles. The highest BCUT2D eigenvalue weighted by Gasteiger charge is 2.51. The van der Waals surface area contributed by atoms with Gasteiger partial charge in [-0.25, -0.2) is 0 Å². The van der Waals surface area contributed by atoms with E-state index < -0.39 is 5.97 Å². The monoisotopic (exact) mass is 325 g/mol. The number of nitrogens with one attached hydrogen (secondary N) is 1. The second-order valence-corrected chi connectivity index (χ2v) is 7.18. The van der Waals surface area contributed by atoms with Crippen LogP contribution in [0.5, 0.6) is 0 Å². The van der Waals surface area contributed by atoms with E-state index in [0.717, 1.165) is 26.0 Å². The van der Waals surface area contributed by atoms with Gasteiger partial charge < -0.3 is 15.2 Å². The van der Waals surface area contributed by atoms with Gasteiger partial charge in [-0.05, 0) is 42.0 Å². The standard InChI is InChI=1S/C20H23NO3/c22-19(23)16-10-20(11-16)12-17(8-9-24-20)21-13-15-6-3-5-14-4-1-2-7-18(14)15/h1-7,16-17,21H,8-13H2,(H,22,23). The maximum absolute atomic E-state index is 11.1. The fourth-order valence-corrected chi connectivity index (χ4v) is 4.20. The van der Waals surface area contributed by atoms with Crippen LogP contribution in [0, 0.1) is 5.92 Å². The van der Waals surface area contributed by atoms with Gasteiger partial charge >= 0.3 is 5.97 Å². The van der Waals surface area contributed by atoms with Crippen molar-refractivity contribution in [2.75, 3.05) is 6.61 Å². The summed E-state index contributed by atoms with van der Waals surface area (Å²) in [6, 6.07) is 15.3. The van der Waals surface area contributed by atoms with Gasteiger partial charge in [0.05, 0.1) is 11.5 Å². The van der Waals surface area contributed by atoms with E-state index in [-0.39, 0.29) is 11.5 Å². The molecular weight excluding hydrogens is 302 g/mol. The molecule has 126 valence electrons. The Morgan fingerprint density at radius 2 is 1.96 bits per heavy atom. The van der Waals surface area contributed by atoms with Crippen LogP contribution in [-0.2, 0) is 16.1 Å². The minimum absolute atomic E-state index is 0.197. The molecule has 0 amide bonds. The van der Waals surface area contributed by atoms with Crippen molar-refractivity contribution >= 4 is 16.7 Å². The number of hydrogen-bond donors (Lipinski definition) is 2. The molecule has 2 aliphatic rings. The van der Waals surface area contributed by atoms with E-state index in [0.29, 0.717) is 18.9 Å². The van der Waals surface area contributed by atoms with Crippen molar-refractivity contribution in [2.24, 2.45) is 5.92 Å². The molecule has 0 aromatic heterocycles. The van der Waals surface area contributed by atoms with Crippen LogP contribution in [0.25, 0.3) is 10.8 Å². The summed E-state index contributed by atoms with van der Waals surface area (Å²) in [5.74, 6) is -0.906. The predicted molar refractivity (Wildman–Crippen MR) is 92.9 cm³/mol. The Morgan fingerprint density at radius 1 is 1.17 bits per heavy atom. The average molecular weight is 325 g/mol. The maximum Gasteiger partial charge on any atom is 0.306 e. The van der Waals surface area contributed by atoms with Crippen molar-refractivity contribution < 1.29 is 14.6 Å². The first-order chi connectivity index (χ1) is 11.7. The molecule has 4 nitrogen and oxygen atoms in total. The van der Waals surface area contributed by atoms with Crippen LogP contribution in [-0.4, -0.2) is 29.3 Å². The van der Waals surface area contributed by atoms with Gasteiger partial charge in [0.1, 0.15) is 0 Å². The number of benzene rings is 2. The third kappa shape index (κ3) is 2.92. The lowest BCUT2D eigenvalue weighted by Crippen LogP contribution is -2.55. The molecule has 4 heteroatoms. The number of fused-ring (bicyclic) bond motifs is 1. The first-order valence-electron chi connectivity index (χ1n) is 8.72. The molecular formula is C20H23NO3. The molecule has 2 aromatic rings. The van der Waals surface area contributed by atoms with Crippen molar-refractivity contribution in [3.05, 3.63) is 48.0 Å². The molecule has 1 aliphatic carbocycles. The minimum atomic E-state index is -0.685. The first kappa shape index (κ1) is 15.6. The van der Waals surface area contributed by atoms with Gasteiger partial charge in [-0.2, -0.15) is 0 Å². The molecule has 1 heterocycles. The largest absolute Gasteiger partial charge is 0.481 e. The van der Waals surface area contributed by atoms with Crippen molar-refractivity contribution in [3.63, 3.8) is 0 Å². The molecule has 1 unspecified atom stereocenters. The number of ether oxygens (including phenoxy) is 1. The van der Waals surface area contributed by atoms with Gasteiger partial charge in [0, 0.05) is 19.2 Å². The van der Waals surface area contributed by atoms with E-state index in [9.17, 15) is 4.79 Å². The number of aliphatic carboxylic acids is 1. The molecule has 2 aromatic carbocycles. The van der Waals surface area contributed by atoms with E-state index in [1.807, 2.05) is 0 Å². The van der Waals surface area contributed by atoms with E-state index in [1.54, 1.807) is 0 Å². The van der Waals surface area contributed by atoms with E-state index in [2.05, 4.69) is 47.8 Å². The SMILES string of the molecule is O=C(O)C1CC2(CC(NCc3cccc4ccccc34)CCO2)C1. The Balaban J connectivity index is 1.40. The highest BCUT2D eigenvalue weighted by Crippen LogP contribution is 2.46. The van der Waals surface area contributed by atoms with Crippen molar-refractivity contribution in [2.45, 2.75) is 43.9 Å². The smallest absolute Gasteiger partial charge is 0.306 e. The summed E-state index contributed by atoms with van der Waals surface area (Å²) in [4.78, 5) is 11.1. The summed E-state index contributed by atoms with van der Waals surface area (Å²) in [5.41, 5.74) is 1.11. The van der Waals surface area contributed by atoms with Gasteiger partial charge in [-0.1, -0.05) is 42.5 Å². The molecule has 0 bridgehead atoms. The average Bonchev–Trinajstić information content (AvgIpc) is 2.58. The third-order valence-corrected chi connectivity index (χ3v) is 5.54. The lowest BCUT2D eigenvalue weighted by molar-refractivity contribution is -0.181. The second kappa shape index (κ2) is 6.19. The zero-order valence-electron chi connectivity index (χ0n) is 13.7. The van der Waals surface area contributed by atoms with Crippen LogP contribution < -0.4 is 5.32 Å². The van der Waals surface area contributed by atoms with E-state index in [4.69, 9.17) is 9.84 Å². The molecule has 4 rings (SSSR count). The Kier molecular flexibility index (Phi) is 4.02. The lowest BCUT2D eigenvalue weighted by Gasteiger charge is -2.50. The van der Waals surface area contributed by atoms with Crippen molar-refractivity contribution in [1.82, 2.24) is 5.32 Å². The van der Waals surface area contributed by atoms with Crippen LogP contribution in [0.3, 0.4) is 0 Å². The second-order valence-electron chi connectivity index (χ2n) is 7.18. The van der Waals surface area contributed by atoms with Gasteiger partial charge in [-0.15, -0.1) is 0 Å². The molecule has 24 heavy (non-hydrogen) atoms. The summed E-state index contributed by atoms with van der Waals surface area (Å²) in [7, 11) is 0. The van der Waals surface area contributed by atoms with Crippen molar-refractivity contribution in [3.8, 4) is 0 Å². The lowest BCUT2D eigenvalue weighted by atomic mass is 9.66. The zero-order chi connectivity index (χ0) is 16.6. The topological polar surface area (TPSA) is 58.6 Å². The summed E-state index contributed by atoms with van der Waals surface area (Å²) in [6.07, 6.45) is 3.23. The number of carboxylic acid groups (broad SMARTS) is 1. The summed E-state index contributed by atoms with van der Waals surface area (Å²) >= 11 is 0. The molecule has 2 fully saturated rings. The Bertz CT molecular complexity index is 746.